The third-order valence-electron chi connectivity index (χ3n) is 4.34. The second kappa shape index (κ2) is 4.39. The fraction of sp³-hybridized carbons (Fsp3) is 0.857. The maximum Gasteiger partial charge on any atom is 0.0309 e. The molecule has 0 aromatic carbocycles. The van der Waals surface area contributed by atoms with E-state index in [4.69, 9.17) is 6.42 Å². The molecule has 0 bridgehead atoms. The highest BCUT2D eigenvalue weighted by Gasteiger charge is 2.45. The first-order chi connectivity index (χ1) is 7.57. The Morgan fingerprint density at radius 2 is 2.25 bits per heavy atom. The molecule has 0 radical (unpaired) electrons. The Hall–Kier alpha value is -0.520. The lowest BCUT2D eigenvalue weighted by molar-refractivity contribution is 0.0537. The molecule has 2 heteroatoms. The fourth-order valence-corrected chi connectivity index (χ4v) is 2.96. The molecule has 3 unspecified atom stereocenters. The van der Waals surface area contributed by atoms with Crippen LogP contribution in [-0.4, -0.2) is 35.6 Å². The normalized spacial score (nSPS) is 38.0. The van der Waals surface area contributed by atoms with Gasteiger partial charge in [0, 0.05) is 37.1 Å². The highest BCUT2D eigenvalue weighted by molar-refractivity contribution is 5.05. The van der Waals surface area contributed by atoms with Gasteiger partial charge in [0.1, 0.15) is 0 Å². The number of hydrogen-bond acceptors (Lipinski definition) is 2. The van der Waals surface area contributed by atoms with Crippen molar-refractivity contribution in [2.24, 2.45) is 5.92 Å². The van der Waals surface area contributed by atoms with Crippen molar-refractivity contribution in [2.75, 3.05) is 13.1 Å². The number of hydrogen-bond donors (Lipinski definition) is 1. The van der Waals surface area contributed by atoms with Crippen LogP contribution in [0.25, 0.3) is 0 Å². The highest BCUT2D eigenvalue weighted by Crippen LogP contribution is 2.41. The first kappa shape index (κ1) is 12.0. The van der Waals surface area contributed by atoms with Crippen molar-refractivity contribution in [3.05, 3.63) is 0 Å². The average molecular weight is 220 g/mol. The van der Waals surface area contributed by atoms with E-state index >= 15 is 0 Å². The molecule has 90 valence electrons. The molecular formula is C14H24N2. The van der Waals surface area contributed by atoms with Crippen LogP contribution in [0.4, 0.5) is 0 Å². The third kappa shape index (κ3) is 2.26. The van der Waals surface area contributed by atoms with E-state index in [1.807, 2.05) is 0 Å². The lowest BCUT2D eigenvalue weighted by Crippen LogP contribution is -2.64. The molecule has 1 aliphatic carbocycles. The van der Waals surface area contributed by atoms with Crippen molar-refractivity contribution in [1.29, 1.82) is 0 Å². The van der Waals surface area contributed by atoms with Gasteiger partial charge in [-0.05, 0) is 39.5 Å². The smallest absolute Gasteiger partial charge is 0.0309 e. The summed E-state index contributed by atoms with van der Waals surface area (Å²) in [5.41, 5.74) is 0.329. The minimum Gasteiger partial charge on any atom is -0.308 e. The SMILES string of the molecule is C#CCC(C)N1CC(C)(C2CC2)NCC1C. The minimum atomic E-state index is 0.329. The lowest BCUT2D eigenvalue weighted by Gasteiger charge is -2.48. The summed E-state index contributed by atoms with van der Waals surface area (Å²) in [6.07, 6.45) is 9.09. The van der Waals surface area contributed by atoms with E-state index in [0.29, 0.717) is 17.6 Å². The van der Waals surface area contributed by atoms with E-state index in [1.165, 1.54) is 12.8 Å². The third-order valence-corrected chi connectivity index (χ3v) is 4.34. The van der Waals surface area contributed by atoms with Gasteiger partial charge in [-0.3, -0.25) is 4.90 Å². The van der Waals surface area contributed by atoms with Crippen LogP contribution in [0.2, 0.25) is 0 Å². The van der Waals surface area contributed by atoms with E-state index in [0.717, 1.165) is 25.4 Å². The van der Waals surface area contributed by atoms with Gasteiger partial charge in [0.05, 0.1) is 0 Å². The summed E-state index contributed by atoms with van der Waals surface area (Å²) < 4.78 is 0. The zero-order chi connectivity index (χ0) is 11.8. The number of nitrogens with zero attached hydrogens (tertiary/aromatic N) is 1. The number of piperazine rings is 1. The summed E-state index contributed by atoms with van der Waals surface area (Å²) in [5, 5.41) is 3.74. The predicted molar refractivity (Wildman–Crippen MR) is 68.2 cm³/mol. The molecule has 1 heterocycles. The molecule has 2 aliphatic rings. The predicted octanol–water partition coefficient (Wildman–Crippen LogP) is 1.86. The Kier molecular flexibility index (Phi) is 3.28. The van der Waals surface area contributed by atoms with Crippen molar-refractivity contribution < 1.29 is 0 Å². The maximum atomic E-state index is 5.43. The molecule has 16 heavy (non-hydrogen) atoms. The molecule has 2 nitrogen and oxygen atoms in total. The molecule has 0 spiro atoms. The number of terminal acetylenes is 1. The summed E-state index contributed by atoms with van der Waals surface area (Å²) in [5.74, 6) is 3.68. The molecule has 0 amide bonds. The van der Waals surface area contributed by atoms with Gasteiger partial charge in [-0.25, -0.2) is 0 Å². The summed E-state index contributed by atoms with van der Waals surface area (Å²) in [7, 11) is 0. The van der Waals surface area contributed by atoms with Gasteiger partial charge in [-0.2, -0.15) is 0 Å². The number of rotatable bonds is 3. The average Bonchev–Trinajstić information content (AvgIpc) is 3.06. The van der Waals surface area contributed by atoms with Crippen molar-refractivity contribution >= 4 is 0 Å². The Morgan fingerprint density at radius 3 is 2.81 bits per heavy atom. The summed E-state index contributed by atoms with van der Waals surface area (Å²) in [6, 6.07) is 1.12. The van der Waals surface area contributed by atoms with E-state index in [2.05, 4.69) is 36.9 Å². The van der Waals surface area contributed by atoms with Crippen LogP contribution in [0.1, 0.15) is 40.0 Å². The van der Waals surface area contributed by atoms with Gasteiger partial charge in [-0.1, -0.05) is 0 Å². The Labute approximate surface area is 99.8 Å². The first-order valence-corrected chi connectivity index (χ1v) is 6.51. The summed E-state index contributed by atoms with van der Waals surface area (Å²) in [6.45, 7) is 9.19. The Morgan fingerprint density at radius 1 is 1.56 bits per heavy atom. The van der Waals surface area contributed by atoms with Crippen LogP contribution in [-0.2, 0) is 0 Å². The van der Waals surface area contributed by atoms with Crippen molar-refractivity contribution in [3.63, 3.8) is 0 Å². The Balaban J connectivity index is 2.02. The van der Waals surface area contributed by atoms with E-state index in [1.54, 1.807) is 0 Å². The number of nitrogens with one attached hydrogen (secondary N) is 1. The second-order valence-corrected chi connectivity index (χ2v) is 5.85. The minimum absolute atomic E-state index is 0.329. The quantitative estimate of drug-likeness (QED) is 0.730. The molecule has 3 atom stereocenters. The monoisotopic (exact) mass is 220 g/mol. The van der Waals surface area contributed by atoms with Crippen LogP contribution in [0, 0.1) is 18.3 Å². The van der Waals surface area contributed by atoms with E-state index < -0.39 is 0 Å². The topological polar surface area (TPSA) is 15.3 Å². The molecule has 2 rings (SSSR count). The van der Waals surface area contributed by atoms with E-state index in [-0.39, 0.29) is 0 Å². The van der Waals surface area contributed by atoms with Gasteiger partial charge in [-0.15, -0.1) is 12.3 Å². The molecule has 1 N–H and O–H groups in total. The van der Waals surface area contributed by atoms with Gasteiger partial charge < -0.3 is 5.32 Å². The summed E-state index contributed by atoms with van der Waals surface area (Å²) in [4.78, 5) is 2.59. The Bertz CT molecular complexity index is 290. The van der Waals surface area contributed by atoms with E-state index in [9.17, 15) is 0 Å². The zero-order valence-electron chi connectivity index (χ0n) is 10.8. The molecule has 0 aromatic rings. The first-order valence-electron chi connectivity index (χ1n) is 6.51. The standard InChI is InChI=1S/C14H24N2/c1-5-6-11(2)16-10-14(4,13-7-8-13)15-9-12(16)3/h1,11-13,15H,6-10H2,2-4H3. The largest absolute Gasteiger partial charge is 0.308 e. The zero-order valence-corrected chi connectivity index (χ0v) is 10.8. The molecule has 1 saturated heterocycles. The molecular weight excluding hydrogens is 196 g/mol. The lowest BCUT2D eigenvalue weighted by atomic mass is 9.90. The highest BCUT2D eigenvalue weighted by atomic mass is 15.3. The van der Waals surface area contributed by atoms with Crippen LogP contribution < -0.4 is 5.32 Å². The molecule has 1 saturated carbocycles. The maximum absolute atomic E-state index is 5.43. The van der Waals surface area contributed by atoms with Gasteiger partial charge >= 0.3 is 0 Å². The van der Waals surface area contributed by atoms with Crippen LogP contribution in [0.5, 0.6) is 0 Å². The van der Waals surface area contributed by atoms with Crippen molar-refractivity contribution in [1.82, 2.24) is 10.2 Å². The van der Waals surface area contributed by atoms with Crippen LogP contribution in [0.3, 0.4) is 0 Å². The van der Waals surface area contributed by atoms with Gasteiger partial charge in [0.2, 0.25) is 0 Å². The van der Waals surface area contributed by atoms with Crippen molar-refractivity contribution in [2.45, 2.75) is 57.7 Å². The summed E-state index contributed by atoms with van der Waals surface area (Å²) >= 11 is 0. The van der Waals surface area contributed by atoms with Crippen LogP contribution >= 0.6 is 0 Å². The fourth-order valence-electron chi connectivity index (χ4n) is 2.96. The van der Waals surface area contributed by atoms with Crippen molar-refractivity contribution in [3.8, 4) is 12.3 Å². The van der Waals surface area contributed by atoms with Gasteiger partial charge in [0.15, 0.2) is 0 Å². The van der Waals surface area contributed by atoms with Crippen LogP contribution in [0.15, 0.2) is 0 Å². The molecule has 2 fully saturated rings. The second-order valence-electron chi connectivity index (χ2n) is 5.85. The molecule has 0 aromatic heterocycles. The molecule has 1 aliphatic heterocycles. The van der Waals surface area contributed by atoms with Gasteiger partial charge in [0.25, 0.3) is 0 Å².